The number of fused-ring (bicyclic) bond motifs is 1. The highest BCUT2D eigenvalue weighted by Crippen LogP contribution is 2.28. The maximum atomic E-state index is 11.9. The van der Waals surface area contributed by atoms with Gasteiger partial charge < -0.3 is 14.8 Å². The van der Waals surface area contributed by atoms with Gasteiger partial charge in [-0.1, -0.05) is 42.5 Å². The van der Waals surface area contributed by atoms with Gasteiger partial charge >= 0.3 is 5.97 Å². The minimum atomic E-state index is -0.516. The number of ether oxygens (including phenoxy) is 2. The molecule has 0 amide bonds. The molecule has 0 saturated heterocycles. The normalized spacial score (nSPS) is 10.5. The Balaban J connectivity index is 1.59. The molecular weight excluding hydrogens is 354 g/mol. The van der Waals surface area contributed by atoms with Gasteiger partial charge in [-0.3, -0.25) is 0 Å². The van der Waals surface area contributed by atoms with E-state index in [1.54, 1.807) is 0 Å². The molecule has 6 heteroatoms. The highest BCUT2D eigenvalue weighted by atomic mass is 16.5. The summed E-state index contributed by atoms with van der Waals surface area (Å²) in [5, 5.41) is 12.9. The number of nitrogens with zero attached hydrogens (tertiary/aromatic N) is 2. The first-order chi connectivity index (χ1) is 13.7. The number of aromatic nitrogens is 2. The molecule has 0 fully saturated rings. The van der Waals surface area contributed by atoms with Gasteiger partial charge in [-0.25, -0.2) is 4.79 Å². The lowest BCUT2D eigenvalue weighted by Gasteiger charge is -2.11. The van der Waals surface area contributed by atoms with Crippen LogP contribution in [0.4, 0.5) is 11.5 Å². The van der Waals surface area contributed by atoms with Crippen molar-refractivity contribution in [2.24, 2.45) is 0 Å². The van der Waals surface area contributed by atoms with Crippen LogP contribution in [0.5, 0.6) is 11.5 Å². The van der Waals surface area contributed by atoms with Crippen molar-refractivity contribution >= 4 is 28.2 Å². The average molecular weight is 371 g/mol. The molecule has 0 radical (unpaired) electrons. The van der Waals surface area contributed by atoms with Crippen molar-refractivity contribution in [3.05, 3.63) is 84.6 Å². The first-order valence-electron chi connectivity index (χ1n) is 8.68. The lowest BCUT2D eigenvalue weighted by Crippen LogP contribution is -2.08. The summed E-state index contributed by atoms with van der Waals surface area (Å²) >= 11 is 0. The second-order valence-electron chi connectivity index (χ2n) is 6.00. The molecule has 0 aliphatic carbocycles. The fraction of sp³-hybridized carbons (Fsp3) is 0.0455. The Hall–Kier alpha value is -3.93. The molecule has 1 heterocycles. The third-order valence-electron chi connectivity index (χ3n) is 4.16. The monoisotopic (exact) mass is 371 g/mol. The number of para-hydroxylation sites is 1. The SMILES string of the molecule is COC(=O)c1nnc(Nc2ccc(Oc3ccccc3)cc2)c2ccccc12. The molecule has 1 N–H and O–H groups in total. The second-order valence-corrected chi connectivity index (χ2v) is 6.00. The Labute approximate surface area is 161 Å². The van der Waals surface area contributed by atoms with Crippen molar-refractivity contribution in [3.63, 3.8) is 0 Å². The number of esters is 1. The van der Waals surface area contributed by atoms with Gasteiger partial charge in [0.1, 0.15) is 11.5 Å². The highest BCUT2D eigenvalue weighted by molar-refractivity contribution is 6.05. The number of hydrogen-bond acceptors (Lipinski definition) is 6. The van der Waals surface area contributed by atoms with Crippen LogP contribution in [-0.2, 0) is 4.74 Å². The van der Waals surface area contributed by atoms with E-state index >= 15 is 0 Å². The van der Waals surface area contributed by atoms with E-state index in [0.29, 0.717) is 11.2 Å². The minimum absolute atomic E-state index is 0.190. The summed E-state index contributed by atoms with van der Waals surface area (Å²) in [7, 11) is 1.32. The second kappa shape index (κ2) is 7.75. The highest BCUT2D eigenvalue weighted by Gasteiger charge is 2.15. The van der Waals surface area contributed by atoms with Crippen LogP contribution in [0.25, 0.3) is 10.8 Å². The lowest BCUT2D eigenvalue weighted by molar-refractivity contribution is 0.0595. The predicted octanol–water partition coefficient (Wildman–Crippen LogP) is 4.95. The number of benzene rings is 3. The van der Waals surface area contributed by atoms with Crippen molar-refractivity contribution in [1.82, 2.24) is 10.2 Å². The van der Waals surface area contributed by atoms with E-state index in [9.17, 15) is 4.79 Å². The van der Waals surface area contributed by atoms with E-state index in [-0.39, 0.29) is 5.69 Å². The number of carbonyl (C=O) groups is 1. The average Bonchev–Trinajstić information content (AvgIpc) is 2.75. The number of carbonyl (C=O) groups excluding carboxylic acids is 1. The summed E-state index contributed by atoms with van der Waals surface area (Å²) in [6.07, 6.45) is 0. The molecule has 0 aliphatic rings. The first kappa shape index (κ1) is 17.5. The summed E-state index contributed by atoms with van der Waals surface area (Å²) in [6.45, 7) is 0. The zero-order valence-electron chi connectivity index (χ0n) is 15.1. The van der Waals surface area contributed by atoms with Crippen molar-refractivity contribution in [3.8, 4) is 11.5 Å². The number of nitrogens with one attached hydrogen (secondary N) is 1. The van der Waals surface area contributed by atoms with Crippen LogP contribution in [0.2, 0.25) is 0 Å². The van der Waals surface area contributed by atoms with Crippen molar-refractivity contribution in [1.29, 1.82) is 0 Å². The van der Waals surface area contributed by atoms with E-state index in [1.165, 1.54) is 7.11 Å². The molecule has 4 aromatic rings. The van der Waals surface area contributed by atoms with Gasteiger partial charge in [-0.05, 0) is 36.4 Å². The summed E-state index contributed by atoms with van der Waals surface area (Å²) in [5.41, 5.74) is 1.01. The van der Waals surface area contributed by atoms with Crippen LogP contribution < -0.4 is 10.1 Å². The van der Waals surface area contributed by atoms with Crippen molar-refractivity contribution in [2.45, 2.75) is 0 Å². The molecule has 0 bridgehead atoms. The van der Waals surface area contributed by atoms with Crippen LogP contribution in [0.1, 0.15) is 10.5 Å². The summed E-state index contributed by atoms with van der Waals surface area (Å²) in [4.78, 5) is 11.9. The summed E-state index contributed by atoms with van der Waals surface area (Å²) in [5.74, 6) is 1.55. The Kier molecular flexibility index (Phi) is 4.84. The molecule has 4 rings (SSSR count). The Morgan fingerprint density at radius 3 is 2.14 bits per heavy atom. The number of hydrogen-bond donors (Lipinski definition) is 1. The Bertz CT molecular complexity index is 1110. The van der Waals surface area contributed by atoms with E-state index in [1.807, 2.05) is 78.9 Å². The number of anilines is 2. The van der Waals surface area contributed by atoms with E-state index in [2.05, 4.69) is 15.5 Å². The van der Waals surface area contributed by atoms with Crippen LogP contribution >= 0.6 is 0 Å². The summed E-state index contributed by atoms with van der Waals surface area (Å²) in [6, 6.07) is 24.5. The Morgan fingerprint density at radius 1 is 0.786 bits per heavy atom. The third kappa shape index (κ3) is 3.61. The van der Waals surface area contributed by atoms with Gasteiger partial charge in [0.05, 0.1) is 7.11 Å². The number of methoxy groups -OCH3 is 1. The molecule has 3 aromatic carbocycles. The van der Waals surface area contributed by atoms with Crippen molar-refractivity contribution < 1.29 is 14.3 Å². The molecule has 0 spiro atoms. The van der Waals surface area contributed by atoms with Crippen LogP contribution in [0.3, 0.4) is 0 Å². The molecule has 1 aromatic heterocycles. The molecule has 6 nitrogen and oxygen atoms in total. The van der Waals surface area contributed by atoms with Crippen molar-refractivity contribution in [2.75, 3.05) is 12.4 Å². The molecule has 0 atom stereocenters. The van der Waals surface area contributed by atoms with Gasteiger partial charge in [0.15, 0.2) is 11.5 Å². The lowest BCUT2D eigenvalue weighted by atomic mass is 10.1. The fourth-order valence-corrected chi connectivity index (χ4v) is 2.81. The maximum absolute atomic E-state index is 11.9. The van der Waals surface area contributed by atoms with E-state index in [0.717, 1.165) is 22.6 Å². The van der Waals surface area contributed by atoms with Gasteiger partial charge in [0.2, 0.25) is 0 Å². The summed E-state index contributed by atoms with van der Waals surface area (Å²) < 4.78 is 10.6. The standard InChI is InChI=1S/C22H17N3O3/c1-27-22(26)20-18-9-5-6-10-19(18)21(25-24-20)23-15-11-13-17(14-12-15)28-16-7-3-2-4-8-16/h2-14H,1H3,(H,23,25). The number of rotatable bonds is 5. The molecule has 0 aliphatic heterocycles. The zero-order chi connectivity index (χ0) is 19.3. The fourth-order valence-electron chi connectivity index (χ4n) is 2.81. The van der Waals surface area contributed by atoms with Gasteiger partial charge in [-0.15, -0.1) is 10.2 Å². The third-order valence-corrected chi connectivity index (χ3v) is 4.16. The minimum Gasteiger partial charge on any atom is -0.464 e. The quantitative estimate of drug-likeness (QED) is 0.500. The smallest absolute Gasteiger partial charge is 0.359 e. The Morgan fingerprint density at radius 2 is 1.43 bits per heavy atom. The van der Waals surface area contributed by atoms with Gasteiger partial charge in [-0.2, -0.15) is 0 Å². The van der Waals surface area contributed by atoms with Crippen LogP contribution in [-0.4, -0.2) is 23.3 Å². The first-order valence-corrected chi connectivity index (χ1v) is 8.68. The molecular formula is C22H17N3O3. The maximum Gasteiger partial charge on any atom is 0.359 e. The van der Waals surface area contributed by atoms with E-state index < -0.39 is 5.97 Å². The van der Waals surface area contributed by atoms with Gasteiger partial charge in [0, 0.05) is 16.5 Å². The predicted molar refractivity (Wildman–Crippen MR) is 107 cm³/mol. The van der Waals surface area contributed by atoms with E-state index in [4.69, 9.17) is 9.47 Å². The molecule has 0 unspecified atom stereocenters. The largest absolute Gasteiger partial charge is 0.464 e. The van der Waals surface area contributed by atoms with Gasteiger partial charge in [0.25, 0.3) is 0 Å². The molecule has 28 heavy (non-hydrogen) atoms. The molecule has 0 saturated carbocycles. The molecule has 138 valence electrons. The van der Waals surface area contributed by atoms with Crippen LogP contribution in [0.15, 0.2) is 78.9 Å². The van der Waals surface area contributed by atoms with Crippen LogP contribution in [0, 0.1) is 0 Å². The zero-order valence-corrected chi connectivity index (χ0v) is 15.1. The topological polar surface area (TPSA) is 73.3 Å².